The van der Waals surface area contributed by atoms with Crippen molar-refractivity contribution in [1.82, 2.24) is 9.62 Å². The summed E-state index contributed by atoms with van der Waals surface area (Å²) in [5.74, 6) is 0.114. The summed E-state index contributed by atoms with van der Waals surface area (Å²) < 4.78 is 35.9. The van der Waals surface area contributed by atoms with Crippen LogP contribution < -0.4 is 14.4 Å². The molecule has 5 aliphatic rings. The number of rotatable bonds is 2. The third-order valence-electron chi connectivity index (χ3n) is 12.4. The largest absolute Gasteiger partial charge is 0.490 e. The third-order valence-corrected chi connectivity index (χ3v) is 14.6. The monoisotopic (exact) mass is 699 g/mol. The molecule has 3 N–H and O–H groups in total. The fourth-order valence-corrected chi connectivity index (χ4v) is 10.8. The van der Waals surface area contributed by atoms with Gasteiger partial charge in [0.1, 0.15) is 5.75 Å². The van der Waals surface area contributed by atoms with E-state index in [0.29, 0.717) is 64.2 Å². The number of anilines is 1. The van der Waals surface area contributed by atoms with Crippen LogP contribution in [0.1, 0.15) is 86.7 Å². The highest BCUT2D eigenvalue weighted by Crippen LogP contribution is 2.49. The molecule has 2 aromatic carbocycles. The van der Waals surface area contributed by atoms with Gasteiger partial charge in [-0.25, -0.2) is 13.1 Å². The first-order valence-electron chi connectivity index (χ1n) is 17.9. The van der Waals surface area contributed by atoms with E-state index >= 15 is 0 Å². The quantitative estimate of drug-likeness (QED) is 0.405. The second-order valence-electron chi connectivity index (χ2n) is 15.6. The molecule has 1 unspecified atom stereocenters. The van der Waals surface area contributed by atoms with Gasteiger partial charge < -0.3 is 19.8 Å². The fourth-order valence-electron chi connectivity index (χ4n) is 9.31. The van der Waals surface area contributed by atoms with Gasteiger partial charge in [0.25, 0.3) is 5.91 Å². The lowest BCUT2D eigenvalue weighted by atomic mass is 9.62. The number of amides is 1. The molecule has 1 spiro atoms. The number of carbonyl (C=O) groups excluding carboxylic acids is 1. The number of halogens is 1. The smallest absolute Gasteiger partial charge is 0.264 e. The molecule has 1 saturated heterocycles. The van der Waals surface area contributed by atoms with E-state index in [0.717, 1.165) is 49.4 Å². The topological polar surface area (TPSA) is 119 Å². The Morgan fingerprint density at radius 1 is 1.04 bits per heavy atom. The van der Waals surface area contributed by atoms with Gasteiger partial charge in [-0.1, -0.05) is 31.0 Å². The first-order valence-corrected chi connectivity index (χ1v) is 19.8. The number of likely N-dealkylation sites (tertiary alicyclic amines) is 1. The molecule has 3 aliphatic heterocycles. The average molecular weight is 700 g/mol. The van der Waals surface area contributed by atoms with Crippen LogP contribution in [0, 0.1) is 17.8 Å². The molecule has 262 valence electrons. The lowest BCUT2D eigenvalue weighted by Gasteiger charge is -2.51. The number of carbonyl (C=O) groups is 1. The zero-order valence-corrected chi connectivity index (χ0v) is 29.7. The van der Waals surface area contributed by atoms with E-state index in [1.165, 1.54) is 11.1 Å². The second kappa shape index (κ2) is 13.1. The molecule has 2 aliphatic carbocycles. The first-order chi connectivity index (χ1) is 22.9. The molecule has 7 rings (SSSR count). The van der Waals surface area contributed by atoms with E-state index in [4.69, 9.17) is 16.3 Å². The lowest BCUT2D eigenvalue weighted by molar-refractivity contribution is -0.104. The highest BCUT2D eigenvalue weighted by molar-refractivity contribution is 7.90. The number of hydrogen-bond acceptors (Lipinski definition) is 8. The van der Waals surface area contributed by atoms with Crippen molar-refractivity contribution in [2.24, 2.45) is 17.8 Å². The number of β-amino-alcohol motifs (C(OH)–C–C–N with tert-alkyl or cyclic N) is 2. The average Bonchev–Trinajstić information content (AvgIpc) is 3.36. The Balaban J connectivity index is 1.29. The Morgan fingerprint density at radius 3 is 2.62 bits per heavy atom. The van der Waals surface area contributed by atoms with Gasteiger partial charge in [0.2, 0.25) is 10.0 Å². The molecule has 2 aromatic rings. The van der Waals surface area contributed by atoms with Crippen LogP contribution in [-0.4, -0.2) is 85.7 Å². The number of ether oxygens (including phenoxy) is 1. The van der Waals surface area contributed by atoms with E-state index in [1.807, 2.05) is 13.0 Å². The first kappa shape index (κ1) is 34.1. The van der Waals surface area contributed by atoms with Crippen molar-refractivity contribution in [3.05, 3.63) is 58.1 Å². The Labute approximate surface area is 290 Å². The number of fused-ring (bicyclic) bond motifs is 4. The Morgan fingerprint density at radius 2 is 1.88 bits per heavy atom. The maximum Gasteiger partial charge on any atom is 0.264 e. The summed E-state index contributed by atoms with van der Waals surface area (Å²) in [4.78, 5) is 18.1. The number of nitrogens with one attached hydrogen (secondary N) is 1. The Hall–Kier alpha value is -2.37. The summed E-state index contributed by atoms with van der Waals surface area (Å²) >= 11 is 6.45. The van der Waals surface area contributed by atoms with Crippen LogP contribution in [0.2, 0.25) is 5.02 Å². The van der Waals surface area contributed by atoms with Crippen LogP contribution in [0.3, 0.4) is 0 Å². The molecule has 48 heavy (non-hydrogen) atoms. The molecule has 2 bridgehead atoms. The summed E-state index contributed by atoms with van der Waals surface area (Å²) in [6, 6.07) is 11.4. The molecule has 7 atom stereocenters. The van der Waals surface area contributed by atoms with Crippen LogP contribution in [-0.2, 0) is 21.9 Å². The summed E-state index contributed by atoms with van der Waals surface area (Å²) in [6.07, 6.45) is 7.03. The number of sulfonamides is 1. The zero-order chi connectivity index (χ0) is 33.8. The van der Waals surface area contributed by atoms with E-state index in [1.54, 1.807) is 25.1 Å². The number of aliphatic hydroxyl groups excluding tert-OH is 1. The molecule has 1 saturated carbocycles. The van der Waals surface area contributed by atoms with Gasteiger partial charge in [-0.3, -0.25) is 9.69 Å². The highest BCUT2D eigenvalue weighted by atomic mass is 35.5. The number of hydrogen-bond donors (Lipinski definition) is 3. The predicted molar refractivity (Wildman–Crippen MR) is 187 cm³/mol. The standard InChI is InChI=1S/C37H50ClN3O6S/c1-24-5-3-15-37(44,22-40-16-13-30(42)20-40)32-10-7-28(32)19-41-21-36(14-4-6-26-17-29(38)9-11-31(26)36)23-47-34-12-8-27(18-33(34)41)35(43)39-48(45,46)25(24)2/h8-9,11-12,17-18,24-25,28,30,32,42,44H,3-7,10,13-16,19-23H2,1-2H3,(H,39,43)/t24?,25-,28+,30-,32-,36+,37+/m1/s1. The number of aliphatic hydroxyl groups is 2. The normalized spacial score (nSPS) is 35.5. The van der Waals surface area contributed by atoms with E-state index in [2.05, 4.69) is 26.7 Å². The van der Waals surface area contributed by atoms with Crippen LogP contribution in [0.4, 0.5) is 5.69 Å². The number of aryl methyl sites for hydroxylation is 1. The molecular formula is C37H50ClN3O6S. The fraction of sp³-hybridized carbons (Fsp3) is 0.649. The maximum absolute atomic E-state index is 13.5. The van der Waals surface area contributed by atoms with Crippen molar-refractivity contribution in [1.29, 1.82) is 0 Å². The molecule has 2 fully saturated rings. The van der Waals surface area contributed by atoms with Gasteiger partial charge >= 0.3 is 0 Å². The van der Waals surface area contributed by atoms with E-state index in [-0.39, 0.29) is 34.8 Å². The molecular weight excluding hydrogens is 650 g/mol. The number of benzene rings is 2. The van der Waals surface area contributed by atoms with Crippen molar-refractivity contribution < 1.29 is 28.2 Å². The zero-order valence-electron chi connectivity index (χ0n) is 28.2. The Bertz CT molecular complexity index is 1660. The van der Waals surface area contributed by atoms with Gasteiger partial charge in [-0.05, 0) is 118 Å². The lowest BCUT2D eigenvalue weighted by Crippen LogP contribution is -2.56. The maximum atomic E-state index is 13.5. The summed E-state index contributed by atoms with van der Waals surface area (Å²) in [5, 5.41) is 22.8. The van der Waals surface area contributed by atoms with Gasteiger partial charge in [0, 0.05) is 48.7 Å². The van der Waals surface area contributed by atoms with Crippen molar-refractivity contribution in [2.45, 2.75) is 94.0 Å². The van der Waals surface area contributed by atoms with Gasteiger partial charge in [0.05, 0.1) is 29.2 Å². The molecule has 0 radical (unpaired) electrons. The van der Waals surface area contributed by atoms with Crippen LogP contribution in [0.15, 0.2) is 36.4 Å². The summed E-state index contributed by atoms with van der Waals surface area (Å²) in [6.45, 7) is 7.24. The van der Waals surface area contributed by atoms with Gasteiger partial charge in [0.15, 0.2) is 0 Å². The van der Waals surface area contributed by atoms with E-state index in [9.17, 15) is 23.4 Å². The van der Waals surface area contributed by atoms with Gasteiger partial charge in [-0.15, -0.1) is 0 Å². The van der Waals surface area contributed by atoms with Crippen molar-refractivity contribution in [2.75, 3.05) is 44.2 Å². The minimum absolute atomic E-state index is 0.0621. The third kappa shape index (κ3) is 6.48. The second-order valence-corrected chi connectivity index (χ2v) is 18.0. The predicted octanol–water partition coefficient (Wildman–Crippen LogP) is 4.91. The molecule has 0 aromatic heterocycles. The van der Waals surface area contributed by atoms with Crippen LogP contribution in [0.5, 0.6) is 5.75 Å². The summed E-state index contributed by atoms with van der Waals surface area (Å²) in [7, 11) is -3.95. The molecule has 11 heteroatoms. The number of nitrogens with zero attached hydrogens (tertiary/aromatic N) is 2. The van der Waals surface area contributed by atoms with Crippen LogP contribution in [0.25, 0.3) is 0 Å². The highest BCUT2D eigenvalue weighted by Gasteiger charge is 2.50. The Kier molecular flexibility index (Phi) is 9.28. The van der Waals surface area contributed by atoms with Crippen LogP contribution >= 0.6 is 11.6 Å². The van der Waals surface area contributed by atoms with Crippen molar-refractivity contribution in [3.8, 4) is 5.75 Å². The van der Waals surface area contributed by atoms with Gasteiger partial charge in [-0.2, -0.15) is 0 Å². The van der Waals surface area contributed by atoms with Crippen molar-refractivity contribution >= 4 is 33.2 Å². The SMILES string of the molecule is CC1CCC[C@](O)(CN2CC[C@@H](O)C2)[C@@H]2CC[C@H]2CN2C[C@@]3(CCCc4cc(Cl)ccc43)COc3ccc(cc32)C(=O)NS(=O)(=O)[C@@H]1C. The molecule has 9 nitrogen and oxygen atoms in total. The molecule has 1 amide bonds. The van der Waals surface area contributed by atoms with Crippen molar-refractivity contribution in [3.63, 3.8) is 0 Å². The minimum atomic E-state index is -3.95. The minimum Gasteiger partial charge on any atom is -0.490 e. The van der Waals surface area contributed by atoms with E-state index < -0.39 is 26.8 Å². The summed E-state index contributed by atoms with van der Waals surface area (Å²) in [5.41, 5.74) is 2.30. The molecule has 3 heterocycles.